The van der Waals surface area contributed by atoms with Gasteiger partial charge in [0.05, 0.1) is 19.4 Å². The van der Waals surface area contributed by atoms with Crippen molar-refractivity contribution in [3.05, 3.63) is 46.5 Å². The van der Waals surface area contributed by atoms with Gasteiger partial charge in [-0.15, -0.1) is 11.3 Å². The van der Waals surface area contributed by atoms with Crippen LogP contribution in [0.1, 0.15) is 23.5 Å². The molecule has 4 nitrogen and oxygen atoms in total. The summed E-state index contributed by atoms with van der Waals surface area (Å²) in [5.41, 5.74) is 0. The molecule has 1 aliphatic heterocycles. The van der Waals surface area contributed by atoms with E-state index in [-0.39, 0.29) is 12.0 Å². The molecule has 0 saturated carbocycles. The maximum atomic E-state index is 12.6. The summed E-state index contributed by atoms with van der Waals surface area (Å²) in [7, 11) is 0. The lowest BCUT2D eigenvalue weighted by atomic mass is 10.2. The van der Waals surface area contributed by atoms with E-state index >= 15 is 0 Å². The predicted molar refractivity (Wildman–Crippen MR) is 76.3 cm³/mol. The van der Waals surface area contributed by atoms with Crippen molar-refractivity contribution >= 4 is 17.2 Å². The van der Waals surface area contributed by atoms with Crippen molar-refractivity contribution in [2.24, 2.45) is 0 Å². The molecule has 0 radical (unpaired) electrons. The molecule has 5 heteroatoms. The van der Waals surface area contributed by atoms with E-state index in [1.165, 1.54) is 4.88 Å². The van der Waals surface area contributed by atoms with Crippen LogP contribution in [0.4, 0.5) is 0 Å². The first-order valence-electron chi connectivity index (χ1n) is 6.78. The fourth-order valence-electron chi connectivity index (χ4n) is 2.37. The number of hydrogen-bond acceptors (Lipinski definition) is 4. The molecule has 106 valence electrons. The van der Waals surface area contributed by atoms with Crippen LogP contribution in [0.25, 0.3) is 0 Å². The van der Waals surface area contributed by atoms with E-state index < -0.39 is 0 Å². The molecule has 2 aromatic rings. The average molecular weight is 291 g/mol. The summed E-state index contributed by atoms with van der Waals surface area (Å²) in [6.07, 6.45) is 3.13. The zero-order valence-corrected chi connectivity index (χ0v) is 12.0. The number of amides is 1. The third-order valence-corrected chi connectivity index (χ3v) is 4.23. The minimum atomic E-state index is -0.287. The summed E-state index contributed by atoms with van der Waals surface area (Å²) in [6, 6.07) is 7.78. The van der Waals surface area contributed by atoms with Crippen LogP contribution in [0.2, 0.25) is 0 Å². The van der Waals surface area contributed by atoms with Crippen LogP contribution in [0.3, 0.4) is 0 Å². The van der Waals surface area contributed by atoms with Crippen LogP contribution >= 0.6 is 11.3 Å². The van der Waals surface area contributed by atoms with Gasteiger partial charge in [0, 0.05) is 11.5 Å². The molecule has 0 spiro atoms. The molecule has 1 atom stereocenters. The number of carbonyl (C=O) groups is 1. The molecule has 2 aromatic heterocycles. The van der Waals surface area contributed by atoms with Crippen molar-refractivity contribution < 1.29 is 13.9 Å². The highest BCUT2D eigenvalue weighted by Gasteiger charge is 2.28. The van der Waals surface area contributed by atoms with E-state index in [0.29, 0.717) is 19.7 Å². The van der Waals surface area contributed by atoms with Crippen LogP contribution in [0.15, 0.2) is 40.3 Å². The topological polar surface area (TPSA) is 42.7 Å². The molecule has 1 amide bonds. The van der Waals surface area contributed by atoms with Crippen molar-refractivity contribution in [1.82, 2.24) is 4.90 Å². The summed E-state index contributed by atoms with van der Waals surface area (Å²) in [5, 5.41) is 2.02. The lowest BCUT2D eigenvalue weighted by Crippen LogP contribution is -2.37. The van der Waals surface area contributed by atoms with E-state index in [1.807, 2.05) is 34.5 Å². The normalized spacial score (nSPS) is 18.3. The van der Waals surface area contributed by atoms with Gasteiger partial charge < -0.3 is 14.1 Å². The molecular weight excluding hydrogens is 274 g/mol. The number of carbonyl (C=O) groups excluding carboxylic acids is 1. The first-order chi connectivity index (χ1) is 9.83. The van der Waals surface area contributed by atoms with Gasteiger partial charge in [0.1, 0.15) is 11.9 Å². The molecule has 0 N–H and O–H groups in total. The molecule has 3 heterocycles. The van der Waals surface area contributed by atoms with Gasteiger partial charge in [-0.2, -0.15) is 0 Å². The van der Waals surface area contributed by atoms with E-state index in [0.717, 1.165) is 18.6 Å². The fourth-order valence-corrected chi connectivity index (χ4v) is 3.09. The van der Waals surface area contributed by atoms with Crippen LogP contribution in [0, 0.1) is 0 Å². The monoisotopic (exact) mass is 291 g/mol. The van der Waals surface area contributed by atoms with Crippen molar-refractivity contribution in [3.63, 3.8) is 0 Å². The van der Waals surface area contributed by atoms with E-state index in [4.69, 9.17) is 9.15 Å². The highest BCUT2D eigenvalue weighted by Crippen LogP contribution is 2.20. The van der Waals surface area contributed by atoms with Crippen LogP contribution < -0.4 is 0 Å². The molecule has 1 unspecified atom stereocenters. The molecule has 1 aliphatic rings. The van der Waals surface area contributed by atoms with Gasteiger partial charge in [-0.25, -0.2) is 0 Å². The minimum absolute atomic E-state index is 0.0623. The third kappa shape index (κ3) is 3.11. The Hall–Kier alpha value is -1.59. The Morgan fingerprint density at radius 1 is 1.35 bits per heavy atom. The van der Waals surface area contributed by atoms with Crippen molar-refractivity contribution in [2.45, 2.75) is 32.0 Å². The van der Waals surface area contributed by atoms with E-state index in [9.17, 15) is 4.79 Å². The summed E-state index contributed by atoms with van der Waals surface area (Å²) in [4.78, 5) is 15.6. The van der Waals surface area contributed by atoms with Crippen LogP contribution in [0.5, 0.6) is 0 Å². The molecule has 0 aliphatic carbocycles. The zero-order chi connectivity index (χ0) is 13.8. The van der Waals surface area contributed by atoms with Gasteiger partial charge in [-0.1, -0.05) is 6.07 Å². The van der Waals surface area contributed by atoms with Gasteiger partial charge in [0.2, 0.25) is 0 Å². The Morgan fingerprint density at radius 3 is 2.95 bits per heavy atom. The molecule has 20 heavy (non-hydrogen) atoms. The maximum Gasteiger partial charge on any atom is 0.252 e. The van der Waals surface area contributed by atoms with Gasteiger partial charge in [-0.05, 0) is 36.4 Å². The molecule has 0 bridgehead atoms. The first kappa shape index (κ1) is 13.4. The largest absolute Gasteiger partial charge is 0.467 e. The van der Waals surface area contributed by atoms with Gasteiger partial charge in [0.25, 0.3) is 5.91 Å². The molecule has 0 aromatic carbocycles. The Kier molecular flexibility index (Phi) is 4.18. The number of thiophene rings is 1. The smallest absolute Gasteiger partial charge is 0.252 e. The summed E-state index contributed by atoms with van der Waals surface area (Å²) < 4.78 is 10.9. The van der Waals surface area contributed by atoms with Gasteiger partial charge in [0.15, 0.2) is 0 Å². The van der Waals surface area contributed by atoms with Gasteiger partial charge in [-0.3, -0.25) is 4.79 Å². The first-order valence-corrected chi connectivity index (χ1v) is 7.66. The number of nitrogens with zero attached hydrogens (tertiary/aromatic N) is 1. The number of ether oxygens (including phenoxy) is 1. The molecule has 1 saturated heterocycles. The number of furan rings is 1. The summed E-state index contributed by atoms with van der Waals surface area (Å²) in [5.74, 6) is 0.861. The second-order valence-electron chi connectivity index (χ2n) is 4.85. The fraction of sp³-hybridized carbons (Fsp3) is 0.400. The molecule has 3 rings (SSSR count). The Balaban J connectivity index is 1.73. The van der Waals surface area contributed by atoms with Crippen molar-refractivity contribution in [2.75, 3.05) is 6.61 Å². The second-order valence-corrected chi connectivity index (χ2v) is 5.89. The Labute approximate surface area is 122 Å². The minimum Gasteiger partial charge on any atom is -0.467 e. The van der Waals surface area contributed by atoms with Crippen LogP contribution in [-0.4, -0.2) is 23.5 Å². The van der Waals surface area contributed by atoms with E-state index in [1.54, 1.807) is 17.6 Å². The average Bonchev–Trinajstić information content (AvgIpc) is 3.20. The quantitative estimate of drug-likeness (QED) is 0.850. The Bertz CT molecular complexity index is 493. The number of rotatable bonds is 5. The number of hydrogen-bond donors (Lipinski definition) is 0. The SMILES string of the molecule is O=C(C1CCCO1)N(Cc1ccco1)Cc1cccs1. The summed E-state index contributed by atoms with van der Waals surface area (Å²) in [6.45, 7) is 1.78. The van der Waals surface area contributed by atoms with E-state index in [2.05, 4.69) is 0 Å². The van der Waals surface area contributed by atoms with Crippen molar-refractivity contribution in [1.29, 1.82) is 0 Å². The highest BCUT2D eigenvalue weighted by atomic mass is 32.1. The third-order valence-electron chi connectivity index (χ3n) is 3.37. The van der Waals surface area contributed by atoms with Gasteiger partial charge >= 0.3 is 0 Å². The van der Waals surface area contributed by atoms with Crippen LogP contribution in [-0.2, 0) is 22.6 Å². The highest BCUT2D eigenvalue weighted by molar-refractivity contribution is 7.09. The van der Waals surface area contributed by atoms with Crippen molar-refractivity contribution in [3.8, 4) is 0 Å². The molecule has 1 fully saturated rings. The zero-order valence-electron chi connectivity index (χ0n) is 11.2. The standard InChI is InChI=1S/C15H17NO3S/c17-15(14-6-2-8-19-14)16(10-12-4-1-7-18-12)11-13-5-3-9-20-13/h1,3-5,7,9,14H,2,6,8,10-11H2. The predicted octanol–water partition coefficient (Wildman–Crippen LogP) is 3.05. The maximum absolute atomic E-state index is 12.6. The lowest BCUT2D eigenvalue weighted by Gasteiger charge is -2.24. The lowest BCUT2D eigenvalue weighted by molar-refractivity contribution is -0.142. The Morgan fingerprint density at radius 2 is 2.30 bits per heavy atom. The molecular formula is C15H17NO3S. The summed E-state index contributed by atoms with van der Waals surface area (Å²) >= 11 is 1.66. The second kappa shape index (κ2) is 6.24.